The summed E-state index contributed by atoms with van der Waals surface area (Å²) in [6, 6.07) is -0.0897. The number of hydrogen-bond donors (Lipinski definition) is 1. The summed E-state index contributed by atoms with van der Waals surface area (Å²) >= 11 is 0. The maximum Gasteiger partial charge on any atom is 0.305 e. The second-order valence-electron chi connectivity index (χ2n) is 5.56. The molecule has 0 saturated carbocycles. The van der Waals surface area contributed by atoms with Gasteiger partial charge >= 0.3 is 5.97 Å². The molecule has 1 heterocycles. The molecule has 104 valence electrons. The quantitative estimate of drug-likeness (QED) is 0.793. The van der Waals surface area contributed by atoms with Crippen LogP contribution in [0.1, 0.15) is 52.9 Å². The van der Waals surface area contributed by atoms with Crippen molar-refractivity contribution in [1.82, 2.24) is 4.90 Å². The van der Waals surface area contributed by atoms with Crippen LogP contribution in [0.3, 0.4) is 0 Å². The van der Waals surface area contributed by atoms with Gasteiger partial charge in [-0.2, -0.15) is 0 Å². The van der Waals surface area contributed by atoms with Crippen molar-refractivity contribution in [3.05, 3.63) is 0 Å². The molecule has 0 aromatic carbocycles. The van der Waals surface area contributed by atoms with Gasteiger partial charge in [0.15, 0.2) is 0 Å². The molecule has 18 heavy (non-hydrogen) atoms. The van der Waals surface area contributed by atoms with Crippen molar-refractivity contribution in [1.29, 1.82) is 0 Å². The lowest BCUT2D eigenvalue weighted by atomic mass is 9.89. The second-order valence-corrected chi connectivity index (χ2v) is 5.56. The van der Waals surface area contributed by atoms with Crippen molar-refractivity contribution in [2.75, 3.05) is 6.54 Å². The van der Waals surface area contributed by atoms with E-state index in [2.05, 4.69) is 20.8 Å². The van der Waals surface area contributed by atoms with E-state index in [1.165, 1.54) is 0 Å². The third-order valence-corrected chi connectivity index (χ3v) is 3.79. The fourth-order valence-corrected chi connectivity index (χ4v) is 2.81. The SMILES string of the molecule is CCCC(C(=O)N1CCCC1CC(=O)O)C(C)C. The van der Waals surface area contributed by atoms with E-state index < -0.39 is 5.97 Å². The number of aliphatic carboxylic acids is 1. The second kappa shape index (κ2) is 6.76. The van der Waals surface area contributed by atoms with Crippen molar-refractivity contribution < 1.29 is 14.7 Å². The molecule has 1 N–H and O–H groups in total. The van der Waals surface area contributed by atoms with Crippen LogP contribution in [0, 0.1) is 11.8 Å². The molecule has 0 bridgehead atoms. The summed E-state index contributed by atoms with van der Waals surface area (Å²) in [5.41, 5.74) is 0. The summed E-state index contributed by atoms with van der Waals surface area (Å²) in [5.74, 6) is -0.278. The summed E-state index contributed by atoms with van der Waals surface area (Å²) in [7, 11) is 0. The predicted molar refractivity (Wildman–Crippen MR) is 70.2 cm³/mol. The van der Waals surface area contributed by atoms with Gasteiger partial charge in [0.1, 0.15) is 0 Å². The highest BCUT2D eigenvalue weighted by molar-refractivity contribution is 5.80. The van der Waals surface area contributed by atoms with Gasteiger partial charge < -0.3 is 10.0 Å². The van der Waals surface area contributed by atoms with Crippen LogP contribution in [0.15, 0.2) is 0 Å². The Labute approximate surface area is 109 Å². The molecule has 0 aromatic rings. The smallest absolute Gasteiger partial charge is 0.305 e. The van der Waals surface area contributed by atoms with Gasteiger partial charge in [0, 0.05) is 18.5 Å². The van der Waals surface area contributed by atoms with Crippen LogP contribution < -0.4 is 0 Å². The van der Waals surface area contributed by atoms with Crippen molar-refractivity contribution in [2.45, 2.75) is 58.9 Å². The molecule has 1 fully saturated rings. The summed E-state index contributed by atoms with van der Waals surface area (Å²) in [6.45, 7) is 6.95. The summed E-state index contributed by atoms with van der Waals surface area (Å²) < 4.78 is 0. The number of nitrogens with zero attached hydrogens (tertiary/aromatic N) is 1. The highest BCUT2D eigenvalue weighted by Crippen LogP contribution is 2.27. The highest BCUT2D eigenvalue weighted by Gasteiger charge is 2.34. The maximum atomic E-state index is 12.5. The number of carboxylic acids is 1. The molecule has 0 aromatic heterocycles. The molecule has 0 aliphatic carbocycles. The highest BCUT2D eigenvalue weighted by atomic mass is 16.4. The zero-order valence-corrected chi connectivity index (χ0v) is 11.7. The number of amides is 1. The lowest BCUT2D eigenvalue weighted by Crippen LogP contribution is -2.42. The Hall–Kier alpha value is -1.06. The van der Waals surface area contributed by atoms with Gasteiger partial charge in [0.2, 0.25) is 5.91 Å². The van der Waals surface area contributed by atoms with E-state index >= 15 is 0 Å². The van der Waals surface area contributed by atoms with E-state index in [1.54, 1.807) is 0 Å². The first kappa shape index (κ1) is 15.0. The molecule has 1 aliphatic rings. The Morgan fingerprint density at radius 1 is 1.39 bits per heavy atom. The topological polar surface area (TPSA) is 57.6 Å². The van der Waals surface area contributed by atoms with Crippen molar-refractivity contribution in [3.63, 3.8) is 0 Å². The van der Waals surface area contributed by atoms with E-state index in [-0.39, 0.29) is 24.3 Å². The Balaban J connectivity index is 2.70. The molecule has 1 saturated heterocycles. The van der Waals surface area contributed by atoms with Gasteiger partial charge in [0.05, 0.1) is 6.42 Å². The number of carboxylic acid groups (broad SMARTS) is 1. The molecule has 1 rings (SSSR count). The zero-order chi connectivity index (χ0) is 13.7. The third kappa shape index (κ3) is 3.72. The molecule has 0 radical (unpaired) electrons. The van der Waals surface area contributed by atoms with Crippen LogP contribution >= 0.6 is 0 Å². The monoisotopic (exact) mass is 255 g/mol. The van der Waals surface area contributed by atoms with E-state index in [0.717, 1.165) is 32.2 Å². The van der Waals surface area contributed by atoms with Gasteiger partial charge in [-0.05, 0) is 25.2 Å². The van der Waals surface area contributed by atoms with Gasteiger partial charge in [-0.25, -0.2) is 0 Å². The number of rotatable bonds is 6. The first-order valence-electron chi connectivity index (χ1n) is 6.99. The van der Waals surface area contributed by atoms with E-state index in [4.69, 9.17) is 5.11 Å². The molecule has 2 unspecified atom stereocenters. The predicted octanol–water partition coefficient (Wildman–Crippen LogP) is 2.52. The molecular formula is C14H25NO3. The number of carbonyl (C=O) groups excluding carboxylic acids is 1. The summed E-state index contributed by atoms with van der Waals surface area (Å²) in [6.07, 6.45) is 3.73. The van der Waals surface area contributed by atoms with Crippen molar-refractivity contribution >= 4 is 11.9 Å². The average Bonchev–Trinajstić information content (AvgIpc) is 2.71. The minimum Gasteiger partial charge on any atom is -0.481 e. The maximum absolute atomic E-state index is 12.5. The van der Waals surface area contributed by atoms with E-state index in [1.807, 2.05) is 4.90 Å². The molecule has 4 heteroatoms. The third-order valence-electron chi connectivity index (χ3n) is 3.79. The molecular weight excluding hydrogens is 230 g/mol. The molecule has 1 amide bonds. The van der Waals surface area contributed by atoms with Gasteiger partial charge in [-0.3, -0.25) is 9.59 Å². The average molecular weight is 255 g/mol. The summed E-state index contributed by atoms with van der Waals surface area (Å²) in [5, 5.41) is 8.89. The minimum absolute atomic E-state index is 0.0457. The van der Waals surface area contributed by atoms with Crippen LogP contribution in [-0.2, 0) is 9.59 Å². The Bertz CT molecular complexity index is 301. The number of hydrogen-bond acceptors (Lipinski definition) is 2. The Kier molecular flexibility index (Phi) is 5.63. The van der Waals surface area contributed by atoms with Crippen LogP contribution in [0.25, 0.3) is 0 Å². The first-order chi connectivity index (χ1) is 8.47. The van der Waals surface area contributed by atoms with Crippen LogP contribution in [-0.4, -0.2) is 34.5 Å². The fraction of sp³-hybridized carbons (Fsp3) is 0.857. The number of likely N-dealkylation sites (tertiary alicyclic amines) is 1. The van der Waals surface area contributed by atoms with Crippen molar-refractivity contribution in [2.24, 2.45) is 11.8 Å². The Morgan fingerprint density at radius 3 is 2.56 bits per heavy atom. The number of carbonyl (C=O) groups is 2. The molecule has 1 aliphatic heterocycles. The van der Waals surface area contributed by atoms with Gasteiger partial charge in [0.25, 0.3) is 0 Å². The Morgan fingerprint density at radius 2 is 2.06 bits per heavy atom. The van der Waals surface area contributed by atoms with Crippen LogP contribution in [0.4, 0.5) is 0 Å². The van der Waals surface area contributed by atoms with Crippen LogP contribution in [0.2, 0.25) is 0 Å². The lowest BCUT2D eigenvalue weighted by molar-refractivity contribution is -0.142. The first-order valence-corrected chi connectivity index (χ1v) is 6.99. The minimum atomic E-state index is -0.809. The molecule has 4 nitrogen and oxygen atoms in total. The normalized spacial score (nSPS) is 21.3. The fourth-order valence-electron chi connectivity index (χ4n) is 2.81. The van der Waals surface area contributed by atoms with Gasteiger partial charge in [-0.15, -0.1) is 0 Å². The lowest BCUT2D eigenvalue weighted by Gasteiger charge is -2.30. The van der Waals surface area contributed by atoms with E-state index in [0.29, 0.717) is 5.92 Å². The zero-order valence-electron chi connectivity index (χ0n) is 11.7. The largest absolute Gasteiger partial charge is 0.481 e. The van der Waals surface area contributed by atoms with Crippen molar-refractivity contribution in [3.8, 4) is 0 Å². The molecule has 2 atom stereocenters. The van der Waals surface area contributed by atoms with Crippen LogP contribution in [0.5, 0.6) is 0 Å². The standard InChI is InChI=1S/C14H25NO3/c1-4-6-12(10(2)3)14(18)15-8-5-7-11(15)9-13(16)17/h10-12H,4-9H2,1-3H3,(H,16,17). The molecule has 0 spiro atoms. The van der Waals surface area contributed by atoms with E-state index in [9.17, 15) is 9.59 Å². The van der Waals surface area contributed by atoms with Gasteiger partial charge in [-0.1, -0.05) is 27.2 Å². The summed E-state index contributed by atoms with van der Waals surface area (Å²) in [4.78, 5) is 25.1.